The second kappa shape index (κ2) is 15.9. The predicted octanol–water partition coefficient (Wildman–Crippen LogP) is 8.05. The van der Waals surface area contributed by atoms with Crippen molar-refractivity contribution in [3.05, 3.63) is 116 Å². The van der Waals surface area contributed by atoms with Crippen molar-refractivity contribution in [2.45, 2.75) is 39.5 Å². The molecule has 2 atom stereocenters. The summed E-state index contributed by atoms with van der Waals surface area (Å²) in [4.78, 5) is 34.0. The van der Waals surface area contributed by atoms with Gasteiger partial charge < -0.3 is 29.9 Å². The van der Waals surface area contributed by atoms with Gasteiger partial charge in [0.15, 0.2) is 0 Å². The number of hydrogen-bond donors (Lipinski definition) is 2. The van der Waals surface area contributed by atoms with E-state index < -0.39 is 11.8 Å². The molecule has 0 radical (unpaired) electrons. The third-order valence-corrected chi connectivity index (χ3v) is 10.4. The summed E-state index contributed by atoms with van der Waals surface area (Å²) < 4.78 is 11.1. The molecule has 0 saturated carbocycles. The van der Waals surface area contributed by atoms with Gasteiger partial charge in [-0.15, -0.1) is 0 Å². The van der Waals surface area contributed by atoms with Crippen molar-refractivity contribution < 1.29 is 19.1 Å². The van der Waals surface area contributed by atoms with E-state index in [0.717, 1.165) is 71.2 Å². The van der Waals surface area contributed by atoms with Gasteiger partial charge in [-0.1, -0.05) is 59.6 Å². The lowest BCUT2D eigenvalue weighted by Gasteiger charge is -2.31. The van der Waals surface area contributed by atoms with Gasteiger partial charge in [0.05, 0.1) is 48.3 Å². The molecule has 2 aliphatic heterocycles. The Kier molecular flexibility index (Phi) is 11.3. The summed E-state index contributed by atoms with van der Waals surface area (Å²) in [5, 5.41) is 7.13. The zero-order chi connectivity index (χ0) is 35.4. The highest BCUT2D eigenvalue weighted by Crippen LogP contribution is 2.40. The van der Waals surface area contributed by atoms with Crippen LogP contribution in [0.15, 0.2) is 72.8 Å². The van der Waals surface area contributed by atoms with Crippen molar-refractivity contribution in [1.82, 2.24) is 0 Å². The number of anilines is 4. The fraction of sp³-hybridized carbons (Fsp3) is 0.350. The van der Waals surface area contributed by atoms with E-state index in [0.29, 0.717) is 47.6 Å². The summed E-state index contributed by atoms with van der Waals surface area (Å²) in [5.74, 6) is -2.48. The Balaban J connectivity index is 1.37. The smallest absolute Gasteiger partial charge is 0.233 e. The third kappa shape index (κ3) is 7.94. The van der Waals surface area contributed by atoms with Crippen LogP contribution in [-0.4, -0.2) is 64.4 Å². The van der Waals surface area contributed by atoms with Crippen molar-refractivity contribution in [1.29, 1.82) is 0 Å². The van der Waals surface area contributed by atoms with Crippen molar-refractivity contribution in [3.63, 3.8) is 0 Å². The van der Waals surface area contributed by atoms with Crippen LogP contribution in [0.1, 0.15) is 45.2 Å². The summed E-state index contributed by atoms with van der Waals surface area (Å²) in [5.41, 5.74) is 8.66. The number of amides is 2. The molecule has 4 aromatic rings. The highest BCUT2D eigenvalue weighted by molar-refractivity contribution is 6.42. The van der Waals surface area contributed by atoms with Crippen LogP contribution in [0.4, 0.5) is 22.7 Å². The first kappa shape index (κ1) is 35.7. The Hall–Kier alpha value is -4.08. The van der Waals surface area contributed by atoms with Crippen molar-refractivity contribution in [2.75, 3.05) is 73.0 Å². The zero-order valence-corrected chi connectivity index (χ0v) is 30.5. The molecule has 10 heteroatoms. The second-order valence-electron chi connectivity index (χ2n) is 13.1. The summed E-state index contributed by atoms with van der Waals surface area (Å²) in [7, 11) is 0. The number of ether oxygens (including phenoxy) is 2. The van der Waals surface area contributed by atoms with E-state index in [1.807, 2.05) is 58.0 Å². The number of carbonyl (C=O) groups is 2. The molecule has 0 aliphatic carbocycles. The molecule has 2 saturated heterocycles. The minimum atomic E-state index is -0.946. The average Bonchev–Trinajstić information content (AvgIpc) is 3.12. The molecule has 4 aromatic carbocycles. The van der Waals surface area contributed by atoms with Crippen molar-refractivity contribution in [2.24, 2.45) is 0 Å². The first-order valence-corrected chi connectivity index (χ1v) is 17.9. The maximum absolute atomic E-state index is 14.7. The molecular formula is C40H44Cl2N4O4. The topological polar surface area (TPSA) is 83.1 Å². The second-order valence-corrected chi connectivity index (χ2v) is 13.9. The number of rotatable bonds is 9. The molecule has 262 valence electrons. The van der Waals surface area contributed by atoms with Gasteiger partial charge in [-0.3, -0.25) is 9.59 Å². The van der Waals surface area contributed by atoms with E-state index in [1.165, 1.54) is 0 Å². The predicted molar refractivity (Wildman–Crippen MR) is 204 cm³/mol. The summed E-state index contributed by atoms with van der Waals surface area (Å²) in [6.45, 7) is 14.0. The molecule has 2 amide bonds. The number of carbonyl (C=O) groups excluding carboxylic acids is 2. The lowest BCUT2D eigenvalue weighted by Crippen LogP contribution is -2.36. The molecule has 2 unspecified atom stereocenters. The Labute approximate surface area is 304 Å². The van der Waals surface area contributed by atoms with Gasteiger partial charge in [0.25, 0.3) is 0 Å². The average molecular weight is 716 g/mol. The minimum Gasteiger partial charge on any atom is -0.378 e. The highest BCUT2D eigenvalue weighted by atomic mass is 35.5. The Bertz CT molecular complexity index is 1810. The van der Waals surface area contributed by atoms with Crippen LogP contribution < -0.4 is 20.4 Å². The van der Waals surface area contributed by atoms with Crippen LogP contribution in [0.3, 0.4) is 0 Å². The summed E-state index contributed by atoms with van der Waals surface area (Å²) in [6, 6.07) is 22.9. The first-order valence-electron chi connectivity index (χ1n) is 17.1. The van der Waals surface area contributed by atoms with E-state index >= 15 is 0 Å². The van der Waals surface area contributed by atoms with Gasteiger partial charge in [0.1, 0.15) is 0 Å². The number of aryl methyl sites for hydroxylation is 4. The Morgan fingerprint density at radius 1 is 0.580 bits per heavy atom. The van der Waals surface area contributed by atoms with E-state index in [-0.39, 0.29) is 11.8 Å². The molecule has 0 bridgehead atoms. The van der Waals surface area contributed by atoms with Gasteiger partial charge in [0.2, 0.25) is 11.8 Å². The Morgan fingerprint density at radius 3 is 1.42 bits per heavy atom. The molecule has 0 aromatic heterocycles. The lowest BCUT2D eigenvalue weighted by molar-refractivity contribution is -0.124. The molecule has 2 aliphatic rings. The summed E-state index contributed by atoms with van der Waals surface area (Å²) >= 11 is 12.9. The quantitative estimate of drug-likeness (QED) is 0.183. The van der Waals surface area contributed by atoms with E-state index in [1.54, 1.807) is 18.2 Å². The SMILES string of the molecule is Cc1cc(N2CCOCC2)cc(C)c1NC(=O)C(c1ccccc1)C(C(=O)Nc1c(C)cc(N2CCOCC2)cc1C)c1ccc(Cl)c(Cl)c1. The maximum Gasteiger partial charge on any atom is 0.233 e. The third-order valence-electron chi connectivity index (χ3n) is 9.64. The molecule has 2 N–H and O–H groups in total. The minimum absolute atomic E-state index is 0.302. The number of benzene rings is 4. The zero-order valence-electron chi connectivity index (χ0n) is 29.0. The summed E-state index contributed by atoms with van der Waals surface area (Å²) in [6.07, 6.45) is 0. The van der Waals surface area contributed by atoms with Crippen LogP contribution in [0.5, 0.6) is 0 Å². The first-order chi connectivity index (χ1) is 24.1. The molecular weight excluding hydrogens is 671 g/mol. The highest BCUT2D eigenvalue weighted by Gasteiger charge is 2.37. The standard InChI is InChI=1S/C40H44Cl2N4O4/c1-25-20-31(45-12-16-49-17-13-45)21-26(2)37(25)43-39(47)35(29-8-6-5-7-9-29)36(30-10-11-33(41)34(42)24-30)40(48)44-38-27(3)22-32(23-28(38)4)46-14-18-50-19-15-46/h5-11,20-24,35-36H,12-19H2,1-4H3,(H,43,47)(H,44,48). The molecule has 50 heavy (non-hydrogen) atoms. The molecule has 6 rings (SSSR count). The van der Waals surface area contributed by atoms with E-state index in [9.17, 15) is 9.59 Å². The van der Waals surface area contributed by atoms with Crippen molar-refractivity contribution in [3.8, 4) is 0 Å². The molecule has 2 heterocycles. The number of morpholine rings is 2. The van der Waals surface area contributed by atoms with Gasteiger partial charge in [-0.25, -0.2) is 0 Å². The van der Waals surface area contributed by atoms with Crippen LogP contribution in [0.2, 0.25) is 10.0 Å². The van der Waals surface area contributed by atoms with Crippen LogP contribution >= 0.6 is 23.2 Å². The van der Waals surface area contributed by atoms with Crippen LogP contribution in [-0.2, 0) is 19.1 Å². The van der Waals surface area contributed by atoms with Gasteiger partial charge in [-0.05, 0) is 97.5 Å². The Morgan fingerprint density at radius 2 is 1.00 bits per heavy atom. The fourth-order valence-electron chi connectivity index (χ4n) is 7.04. The van der Waals surface area contributed by atoms with Gasteiger partial charge in [0, 0.05) is 48.9 Å². The molecule has 8 nitrogen and oxygen atoms in total. The van der Waals surface area contributed by atoms with E-state index in [2.05, 4.69) is 44.7 Å². The largest absolute Gasteiger partial charge is 0.378 e. The number of nitrogens with zero attached hydrogens (tertiary/aromatic N) is 2. The van der Waals surface area contributed by atoms with Crippen molar-refractivity contribution >= 4 is 57.8 Å². The van der Waals surface area contributed by atoms with E-state index in [4.69, 9.17) is 32.7 Å². The number of halogens is 2. The van der Waals surface area contributed by atoms with Gasteiger partial charge >= 0.3 is 0 Å². The number of nitrogens with one attached hydrogen (secondary N) is 2. The van der Waals surface area contributed by atoms with Crippen LogP contribution in [0.25, 0.3) is 0 Å². The normalized spacial score (nSPS) is 16.1. The molecule has 2 fully saturated rings. The monoisotopic (exact) mass is 714 g/mol. The van der Waals surface area contributed by atoms with Gasteiger partial charge in [-0.2, -0.15) is 0 Å². The lowest BCUT2D eigenvalue weighted by atomic mass is 9.79. The molecule has 0 spiro atoms. The number of hydrogen-bond acceptors (Lipinski definition) is 6. The fourth-order valence-corrected chi connectivity index (χ4v) is 7.35. The van der Waals surface area contributed by atoms with Crippen LogP contribution in [0, 0.1) is 27.7 Å². The maximum atomic E-state index is 14.7.